The van der Waals surface area contributed by atoms with Crippen LogP contribution in [-0.2, 0) is 19.0 Å². The topological polar surface area (TPSA) is 43.8 Å². The zero-order valence-electron chi connectivity index (χ0n) is 12.2. The zero-order valence-corrected chi connectivity index (χ0v) is 12.9. The van der Waals surface area contributed by atoms with Crippen LogP contribution in [0.5, 0.6) is 0 Å². The van der Waals surface area contributed by atoms with Crippen LogP contribution in [0.15, 0.2) is 18.2 Å². The van der Waals surface area contributed by atoms with E-state index in [1.54, 1.807) is 17.7 Å². The second-order valence-corrected chi connectivity index (χ2v) is 5.91. The van der Waals surface area contributed by atoms with Gasteiger partial charge in [0.15, 0.2) is 0 Å². The molecule has 0 aliphatic heterocycles. The first-order chi connectivity index (χ1) is 9.22. The highest BCUT2D eigenvalue weighted by molar-refractivity contribution is 6.31. The molecule has 0 aliphatic carbocycles. The van der Waals surface area contributed by atoms with Gasteiger partial charge in [0, 0.05) is 19.0 Å². The maximum atomic E-state index is 13.7. The highest BCUT2D eigenvalue weighted by Gasteiger charge is 2.26. The SMILES string of the molecule is Cc1ccc(C(C)(N)Cc2c(Cl)c(C)nn2C)cc1F. The Balaban J connectivity index is 2.37. The van der Waals surface area contributed by atoms with E-state index in [2.05, 4.69) is 5.10 Å². The number of nitrogens with zero attached hydrogens (tertiary/aromatic N) is 2. The van der Waals surface area contributed by atoms with Gasteiger partial charge in [0.25, 0.3) is 0 Å². The van der Waals surface area contributed by atoms with Crippen molar-refractivity contribution in [3.05, 3.63) is 51.6 Å². The molecule has 0 aliphatic rings. The first kappa shape index (κ1) is 15.0. The lowest BCUT2D eigenvalue weighted by Crippen LogP contribution is -2.36. The van der Waals surface area contributed by atoms with Crippen molar-refractivity contribution in [1.29, 1.82) is 0 Å². The summed E-state index contributed by atoms with van der Waals surface area (Å²) < 4.78 is 15.4. The van der Waals surface area contributed by atoms with Crippen LogP contribution in [0.25, 0.3) is 0 Å². The highest BCUT2D eigenvalue weighted by atomic mass is 35.5. The second kappa shape index (κ2) is 5.19. The molecular formula is C15H19ClFN3. The summed E-state index contributed by atoms with van der Waals surface area (Å²) in [6, 6.07) is 5.09. The van der Waals surface area contributed by atoms with Crippen LogP contribution in [0.1, 0.15) is 29.4 Å². The third-order valence-corrected chi connectivity index (χ3v) is 4.12. The summed E-state index contributed by atoms with van der Waals surface area (Å²) in [6.45, 7) is 5.45. The van der Waals surface area contributed by atoms with Crippen molar-refractivity contribution in [3.8, 4) is 0 Å². The summed E-state index contributed by atoms with van der Waals surface area (Å²) in [7, 11) is 1.83. The smallest absolute Gasteiger partial charge is 0.126 e. The Morgan fingerprint density at radius 1 is 1.40 bits per heavy atom. The molecule has 5 heteroatoms. The van der Waals surface area contributed by atoms with E-state index in [-0.39, 0.29) is 5.82 Å². The molecule has 0 amide bonds. The van der Waals surface area contributed by atoms with Gasteiger partial charge in [0.1, 0.15) is 5.82 Å². The third-order valence-electron chi connectivity index (χ3n) is 3.63. The number of halogens is 2. The molecule has 1 heterocycles. The Labute approximate surface area is 123 Å². The highest BCUT2D eigenvalue weighted by Crippen LogP contribution is 2.28. The number of benzene rings is 1. The van der Waals surface area contributed by atoms with Gasteiger partial charge in [-0.15, -0.1) is 0 Å². The monoisotopic (exact) mass is 295 g/mol. The fraction of sp³-hybridized carbons (Fsp3) is 0.400. The molecule has 3 nitrogen and oxygen atoms in total. The number of aryl methyl sites for hydroxylation is 3. The maximum Gasteiger partial charge on any atom is 0.126 e. The largest absolute Gasteiger partial charge is 0.321 e. The van der Waals surface area contributed by atoms with Crippen LogP contribution in [0.2, 0.25) is 5.02 Å². The molecule has 0 saturated carbocycles. The minimum atomic E-state index is -0.710. The first-order valence-corrected chi connectivity index (χ1v) is 6.83. The summed E-state index contributed by atoms with van der Waals surface area (Å²) in [4.78, 5) is 0. The van der Waals surface area contributed by atoms with Gasteiger partial charge >= 0.3 is 0 Å². The molecule has 1 atom stereocenters. The van der Waals surface area contributed by atoms with E-state index in [9.17, 15) is 4.39 Å². The van der Waals surface area contributed by atoms with Crippen LogP contribution in [0.4, 0.5) is 4.39 Å². The van der Waals surface area contributed by atoms with Gasteiger partial charge in [0.2, 0.25) is 0 Å². The predicted octanol–water partition coefficient (Wildman–Crippen LogP) is 3.25. The number of hydrogen-bond donors (Lipinski definition) is 1. The van der Waals surface area contributed by atoms with E-state index in [0.29, 0.717) is 17.0 Å². The molecule has 2 rings (SSSR count). The molecule has 1 aromatic carbocycles. The number of rotatable bonds is 3. The van der Waals surface area contributed by atoms with Gasteiger partial charge in [0.05, 0.1) is 16.4 Å². The molecule has 108 valence electrons. The quantitative estimate of drug-likeness (QED) is 0.944. The van der Waals surface area contributed by atoms with Gasteiger partial charge in [-0.05, 0) is 38.0 Å². The third kappa shape index (κ3) is 2.72. The van der Waals surface area contributed by atoms with Gasteiger partial charge in [-0.3, -0.25) is 4.68 Å². The lowest BCUT2D eigenvalue weighted by atomic mass is 9.87. The molecule has 0 fully saturated rings. The minimum Gasteiger partial charge on any atom is -0.321 e. The van der Waals surface area contributed by atoms with Crippen molar-refractivity contribution < 1.29 is 4.39 Å². The number of hydrogen-bond acceptors (Lipinski definition) is 2. The van der Waals surface area contributed by atoms with Crippen molar-refractivity contribution in [2.24, 2.45) is 12.8 Å². The van der Waals surface area contributed by atoms with Crippen molar-refractivity contribution in [2.45, 2.75) is 32.7 Å². The Bertz CT molecular complexity index is 647. The van der Waals surface area contributed by atoms with Crippen LogP contribution in [-0.4, -0.2) is 9.78 Å². The second-order valence-electron chi connectivity index (χ2n) is 5.53. The zero-order chi connectivity index (χ0) is 15.1. The lowest BCUT2D eigenvalue weighted by molar-refractivity contribution is 0.467. The molecular weight excluding hydrogens is 277 g/mol. The van der Waals surface area contributed by atoms with Crippen LogP contribution in [0.3, 0.4) is 0 Å². The summed E-state index contributed by atoms with van der Waals surface area (Å²) in [5, 5.41) is 4.90. The normalized spacial score (nSPS) is 14.3. The minimum absolute atomic E-state index is 0.244. The fourth-order valence-corrected chi connectivity index (χ4v) is 2.50. The Hall–Kier alpha value is -1.39. The fourth-order valence-electron chi connectivity index (χ4n) is 2.27. The molecule has 1 unspecified atom stereocenters. The molecule has 1 aromatic heterocycles. The van der Waals surface area contributed by atoms with Gasteiger partial charge in [-0.1, -0.05) is 23.7 Å². The summed E-state index contributed by atoms with van der Waals surface area (Å²) in [5.74, 6) is -0.244. The van der Waals surface area contributed by atoms with Crippen LogP contribution < -0.4 is 5.73 Å². The average Bonchev–Trinajstić information content (AvgIpc) is 2.59. The lowest BCUT2D eigenvalue weighted by Gasteiger charge is -2.26. The standard InChI is InChI=1S/C15H19ClFN3/c1-9-5-6-11(7-12(9)17)15(3,18)8-13-14(16)10(2)19-20(13)4/h5-7H,8,18H2,1-4H3. The first-order valence-electron chi connectivity index (χ1n) is 6.46. The Morgan fingerprint density at radius 3 is 2.55 bits per heavy atom. The predicted molar refractivity (Wildman–Crippen MR) is 79.3 cm³/mol. The molecule has 0 bridgehead atoms. The van der Waals surface area contributed by atoms with E-state index in [4.69, 9.17) is 17.3 Å². The number of nitrogens with two attached hydrogens (primary N) is 1. The van der Waals surface area contributed by atoms with E-state index in [0.717, 1.165) is 17.0 Å². The molecule has 0 spiro atoms. The Kier molecular flexibility index (Phi) is 3.89. The van der Waals surface area contributed by atoms with E-state index < -0.39 is 5.54 Å². The van der Waals surface area contributed by atoms with E-state index in [1.165, 1.54) is 6.07 Å². The maximum absolute atomic E-state index is 13.7. The van der Waals surface area contributed by atoms with E-state index >= 15 is 0 Å². The van der Waals surface area contributed by atoms with Crippen molar-refractivity contribution in [2.75, 3.05) is 0 Å². The molecule has 0 radical (unpaired) electrons. The molecule has 0 saturated heterocycles. The molecule has 20 heavy (non-hydrogen) atoms. The molecule has 2 aromatic rings. The van der Waals surface area contributed by atoms with Gasteiger partial charge in [-0.25, -0.2) is 4.39 Å². The summed E-state index contributed by atoms with van der Waals surface area (Å²) in [5.41, 5.74) is 8.65. The van der Waals surface area contributed by atoms with Crippen molar-refractivity contribution >= 4 is 11.6 Å². The van der Waals surface area contributed by atoms with Crippen molar-refractivity contribution in [3.63, 3.8) is 0 Å². The van der Waals surface area contributed by atoms with Gasteiger partial charge < -0.3 is 5.73 Å². The Morgan fingerprint density at radius 2 is 2.05 bits per heavy atom. The van der Waals surface area contributed by atoms with Crippen molar-refractivity contribution in [1.82, 2.24) is 9.78 Å². The number of aromatic nitrogens is 2. The molecule has 2 N–H and O–H groups in total. The van der Waals surface area contributed by atoms with Crippen LogP contribution in [0, 0.1) is 19.7 Å². The average molecular weight is 296 g/mol. The summed E-state index contributed by atoms with van der Waals surface area (Å²) in [6.07, 6.45) is 0.492. The van der Waals surface area contributed by atoms with Gasteiger partial charge in [-0.2, -0.15) is 5.10 Å². The van der Waals surface area contributed by atoms with E-state index in [1.807, 2.05) is 27.0 Å². The summed E-state index contributed by atoms with van der Waals surface area (Å²) >= 11 is 6.25. The van der Waals surface area contributed by atoms with Crippen LogP contribution >= 0.6 is 11.6 Å².